The summed E-state index contributed by atoms with van der Waals surface area (Å²) in [7, 11) is -22.1. The zero-order valence-electron chi connectivity index (χ0n) is 56.3. The van der Waals surface area contributed by atoms with Crippen LogP contribution in [0.5, 0.6) is 28.7 Å². The van der Waals surface area contributed by atoms with Crippen LogP contribution in [0.2, 0.25) is 0 Å². The number of fused-ring (bicyclic) bond motifs is 10. The number of benzene rings is 5. The Morgan fingerprint density at radius 2 is 0.347 bits per heavy atom. The first-order valence-electron chi connectivity index (χ1n) is 31.2. The summed E-state index contributed by atoms with van der Waals surface area (Å²) >= 11 is 0. The van der Waals surface area contributed by atoms with E-state index in [4.69, 9.17) is 68.9 Å². The molecule has 10 bridgehead atoms. The van der Waals surface area contributed by atoms with Crippen molar-refractivity contribution >= 4 is 94.3 Å². The molecule has 95 heavy (non-hydrogen) atoms. The van der Waals surface area contributed by atoms with Crippen molar-refractivity contribution in [3.63, 3.8) is 0 Å². The Balaban J connectivity index is 2.08. The number of carbonyl (C=O) groups is 5. The van der Waals surface area contributed by atoms with E-state index in [1.165, 1.54) is 60.7 Å². The summed E-state index contributed by atoms with van der Waals surface area (Å²) in [4.78, 5) is 68.8. The van der Waals surface area contributed by atoms with Gasteiger partial charge in [0, 0.05) is 122 Å². The maximum absolute atomic E-state index is 15.4. The Labute approximate surface area is 554 Å². The number of carbonyl (C=O) groups excluding carboxylic acids is 5. The molecule has 5 aromatic carbocycles. The van der Waals surface area contributed by atoms with Crippen molar-refractivity contribution < 1.29 is 116 Å². The zero-order chi connectivity index (χ0) is 70.2. The lowest BCUT2D eigenvalue weighted by Crippen LogP contribution is -2.21. The van der Waals surface area contributed by atoms with E-state index in [1.54, 1.807) is 69.2 Å². The van der Waals surface area contributed by atoms with Crippen LogP contribution in [0.4, 0.5) is 0 Å². The summed E-state index contributed by atoms with van der Waals surface area (Å²) in [6.07, 6.45) is -2.27. The fraction of sp³-hybridized carbons (Fsp3) is 0.462. The van der Waals surface area contributed by atoms with Gasteiger partial charge in [0.15, 0.2) is 0 Å². The van der Waals surface area contributed by atoms with Crippen LogP contribution in [0.3, 0.4) is 0 Å². The molecule has 520 valence electrons. The summed E-state index contributed by atoms with van der Waals surface area (Å²) in [6.45, 7) is 20.2. The highest BCUT2D eigenvalue weighted by molar-refractivity contribution is 7.63. The predicted octanol–water partition coefficient (Wildman–Crippen LogP) is 12.0. The van der Waals surface area contributed by atoms with Crippen LogP contribution >= 0.6 is 38.0 Å². The van der Waals surface area contributed by atoms with Crippen LogP contribution in [-0.2, 0) is 124 Å². The van der Waals surface area contributed by atoms with Crippen molar-refractivity contribution in [2.75, 3.05) is 66.1 Å². The molecule has 1 aliphatic carbocycles. The molecule has 0 aromatic heterocycles. The second kappa shape index (κ2) is 34.6. The number of ether oxygens (including phenoxy) is 5. The molecule has 1 aliphatic rings. The maximum atomic E-state index is 15.4. The van der Waals surface area contributed by atoms with Gasteiger partial charge in [-0.15, -0.1) is 0 Å². The standard InChI is InChI=1S/C65H85O25P5/c1-16-76-91(71,77-17-2)56-31-46-26-48-33-57(92(72,78-18-3)79-19-4)35-50(62(48)87-42(12)67)28-52-37-59(94(74,82-22-7)83-23-8)39-54(64(52)89-44(14)69)30-55-40-60(95(75,84-24-9)85-25-10)38-53(65(55)90-45(15)70)29-51-36-58(93(73,80-20-5)81-21-6)34-49(63(51)88-43(13)68)27-47(32-56)61(46)86-41(11)66/h31-40H,16-30H2,1-15H3. The van der Waals surface area contributed by atoms with Crippen molar-refractivity contribution in [2.45, 2.75) is 136 Å². The molecule has 0 radical (unpaired) electrons. The fourth-order valence-corrected chi connectivity index (χ4v) is 19.2. The van der Waals surface area contributed by atoms with Gasteiger partial charge in [-0.25, -0.2) is 0 Å². The molecule has 0 fully saturated rings. The lowest BCUT2D eigenvalue weighted by molar-refractivity contribution is -0.133. The van der Waals surface area contributed by atoms with Crippen molar-refractivity contribution in [1.82, 2.24) is 0 Å². The minimum absolute atomic E-state index is 0.0308. The van der Waals surface area contributed by atoms with Crippen molar-refractivity contribution in [2.24, 2.45) is 0 Å². The van der Waals surface area contributed by atoms with Gasteiger partial charge in [-0.3, -0.25) is 46.8 Å². The summed E-state index contributed by atoms with van der Waals surface area (Å²) in [5, 5.41) is -0.507. The van der Waals surface area contributed by atoms with Crippen LogP contribution in [0, 0.1) is 0 Å². The third-order valence-corrected chi connectivity index (χ3v) is 24.3. The molecule has 25 nitrogen and oxygen atoms in total. The van der Waals surface area contributed by atoms with E-state index in [9.17, 15) is 24.0 Å². The molecule has 5 aromatic rings. The highest BCUT2D eigenvalue weighted by atomic mass is 31.2. The number of hydrogen-bond acceptors (Lipinski definition) is 25. The van der Waals surface area contributed by atoms with E-state index >= 15 is 22.8 Å². The summed E-state index contributed by atoms with van der Waals surface area (Å²) < 4.78 is 168. The Kier molecular flexibility index (Phi) is 28.5. The van der Waals surface area contributed by atoms with Crippen molar-refractivity contribution in [3.8, 4) is 28.7 Å². The molecule has 0 spiro atoms. The molecule has 0 saturated carbocycles. The van der Waals surface area contributed by atoms with Gasteiger partial charge in [0.1, 0.15) is 28.7 Å². The SMILES string of the molecule is CCOP(=O)(OCC)c1cc2c(OC(C)=O)c(c1)Cc1cc(P(=O)(OCC)OCC)cc(c1OC(C)=O)Cc1cc(P(=O)(OCC)OCC)cc(c1OC(C)=O)Cc1cc(P(=O)(OCC)OCC)cc(c1OC(C)=O)Cc1cc(P(=O)(OCC)OCC)cc(c1OC(C)=O)C2. The monoisotopic (exact) mass is 1420 g/mol. The fourth-order valence-electron chi connectivity index (χ4n) is 10.8. The Morgan fingerprint density at radius 3 is 0.432 bits per heavy atom. The highest BCUT2D eigenvalue weighted by Crippen LogP contribution is 2.55. The van der Waals surface area contributed by atoms with Crippen LogP contribution < -0.4 is 50.2 Å². The topological polar surface area (TPSA) is 309 Å². The van der Waals surface area contributed by atoms with E-state index in [2.05, 4.69) is 0 Å². The van der Waals surface area contributed by atoms with Gasteiger partial charge in [0.2, 0.25) is 0 Å². The largest absolute Gasteiger partial charge is 0.426 e. The van der Waals surface area contributed by atoms with Crippen molar-refractivity contribution in [3.05, 3.63) is 116 Å². The summed E-state index contributed by atoms with van der Waals surface area (Å²) in [5.41, 5.74) is 0.308. The number of esters is 5. The molecule has 0 amide bonds. The first-order valence-corrected chi connectivity index (χ1v) is 38.9. The van der Waals surface area contributed by atoms with Gasteiger partial charge in [-0.1, -0.05) is 0 Å². The number of rotatable bonds is 30. The molecule has 0 aliphatic heterocycles. The zero-order valence-corrected chi connectivity index (χ0v) is 60.8. The molecule has 30 heteroatoms. The molecular formula is C65H85O25P5. The minimum atomic E-state index is -4.42. The number of hydrogen-bond donors (Lipinski definition) is 0. The van der Waals surface area contributed by atoms with E-state index in [-0.39, 0.29) is 177 Å². The molecule has 0 N–H and O–H groups in total. The average molecular weight is 1420 g/mol. The first kappa shape index (κ1) is 78.2. The third-order valence-electron chi connectivity index (χ3n) is 13.8. The van der Waals surface area contributed by atoms with Gasteiger partial charge in [0.25, 0.3) is 0 Å². The Hall–Kier alpha value is -5.80. The molecule has 6 rings (SSSR count). The van der Waals surface area contributed by atoms with Crippen molar-refractivity contribution in [1.29, 1.82) is 0 Å². The van der Waals surface area contributed by atoms with E-state index in [0.29, 0.717) is 0 Å². The van der Waals surface area contributed by atoms with E-state index < -0.39 is 99.9 Å². The normalized spacial score (nSPS) is 13.0. The van der Waals surface area contributed by atoms with Gasteiger partial charge in [-0.05, 0) is 130 Å². The molecular weight excluding hydrogens is 1340 g/mol. The summed E-state index contributed by atoms with van der Waals surface area (Å²) in [5.74, 6) is -5.40. The first-order chi connectivity index (χ1) is 45.0. The van der Waals surface area contributed by atoms with Gasteiger partial charge in [0.05, 0.1) is 92.6 Å². The van der Waals surface area contributed by atoms with Crippen LogP contribution in [-0.4, -0.2) is 95.9 Å². The van der Waals surface area contributed by atoms with Gasteiger partial charge >= 0.3 is 67.8 Å². The lowest BCUT2D eigenvalue weighted by Gasteiger charge is -2.26. The smallest absolute Gasteiger partial charge is 0.361 e. The Morgan fingerprint density at radius 1 is 0.242 bits per heavy atom. The lowest BCUT2D eigenvalue weighted by atomic mass is 9.91. The predicted molar refractivity (Wildman–Crippen MR) is 355 cm³/mol. The highest BCUT2D eigenvalue weighted by Gasteiger charge is 2.38. The summed E-state index contributed by atoms with van der Waals surface area (Å²) in [6, 6.07) is 14.0. The maximum Gasteiger partial charge on any atom is 0.361 e. The second-order valence-electron chi connectivity index (χ2n) is 21.0. The van der Waals surface area contributed by atoms with Crippen LogP contribution in [0.15, 0.2) is 60.7 Å². The van der Waals surface area contributed by atoms with E-state index in [1.807, 2.05) is 0 Å². The molecule has 0 saturated heterocycles. The van der Waals surface area contributed by atoms with E-state index in [0.717, 1.165) is 34.6 Å². The van der Waals surface area contributed by atoms with Gasteiger partial charge in [-0.2, -0.15) is 0 Å². The Bertz CT molecular complexity index is 3170. The molecule has 0 unspecified atom stereocenters. The van der Waals surface area contributed by atoms with Crippen LogP contribution in [0.25, 0.3) is 0 Å². The molecule has 0 heterocycles. The van der Waals surface area contributed by atoms with Crippen LogP contribution in [0.1, 0.15) is 159 Å². The van der Waals surface area contributed by atoms with Gasteiger partial charge < -0.3 is 68.9 Å². The molecule has 0 atom stereocenters. The quantitative estimate of drug-likeness (QED) is 0.0230. The third kappa shape index (κ3) is 19.3. The minimum Gasteiger partial charge on any atom is -0.426 e. The average Bonchev–Trinajstić information content (AvgIpc) is 0.765. The second-order valence-corrected chi connectivity index (χ2v) is 31.1.